The van der Waals surface area contributed by atoms with Gasteiger partial charge in [-0.1, -0.05) is 23.7 Å². The molecule has 3 aliphatic rings. The van der Waals surface area contributed by atoms with Gasteiger partial charge in [-0.3, -0.25) is 9.80 Å². The molecule has 0 radical (unpaired) electrons. The summed E-state index contributed by atoms with van der Waals surface area (Å²) in [5.41, 5.74) is 7.99. The summed E-state index contributed by atoms with van der Waals surface area (Å²) in [7, 11) is 0. The van der Waals surface area contributed by atoms with Crippen LogP contribution in [0.25, 0.3) is 0 Å². The molecule has 1 N–H and O–H groups in total. The molecule has 3 aliphatic heterocycles. The number of rotatable bonds is 5. The second-order valence-corrected chi connectivity index (χ2v) is 7.59. The van der Waals surface area contributed by atoms with Crippen LogP contribution in [0.2, 0.25) is 5.02 Å². The van der Waals surface area contributed by atoms with E-state index in [-0.39, 0.29) is 0 Å². The van der Waals surface area contributed by atoms with Gasteiger partial charge in [0, 0.05) is 63.1 Å². The van der Waals surface area contributed by atoms with Gasteiger partial charge in [0.15, 0.2) is 0 Å². The molecule has 6 heteroatoms. The van der Waals surface area contributed by atoms with Crippen LogP contribution in [0.5, 0.6) is 0 Å². The van der Waals surface area contributed by atoms with Gasteiger partial charge in [0.2, 0.25) is 0 Å². The van der Waals surface area contributed by atoms with E-state index in [1.54, 1.807) is 5.57 Å². The molecule has 5 nitrogen and oxygen atoms in total. The van der Waals surface area contributed by atoms with Gasteiger partial charge in [0.1, 0.15) is 0 Å². The Hall–Kier alpha value is -1.11. The van der Waals surface area contributed by atoms with Crippen LogP contribution in [0.15, 0.2) is 35.5 Å². The molecule has 0 atom stereocenters. The monoisotopic (exact) mass is 362 g/mol. The van der Waals surface area contributed by atoms with Crippen molar-refractivity contribution in [2.75, 3.05) is 59.0 Å². The number of benzene rings is 1. The van der Waals surface area contributed by atoms with Crippen molar-refractivity contribution in [3.8, 4) is 0 Å². The summed E-state index contributed by atoms with van der Waals surface area (Å²) in [5, 5.41) is 3.19. The molecular weight excluding hydrogens is 336 g/mol. The third-order valence-corrected chi connectivity index (χ3v) is 5.57. The summed E-state index contributed by atoms with van der Waals surface area (Å²) in [6.45, 7) is 10.3. The highest BCUT2D eigenvalue weighted by molar-refractivity contribution is 6.30. The molecule has 1 saturated heterocycles. The summed E-state index contributed by atoms with van der Waals surface area (Å²) < 4.78 is 5.42. The summed E-state index contributed by atoms with van der Waals surface area (Å²) in [4.78, 5) is 5.01. The Morgan fingerprint density at radius 3 is 2.56 bits per heavy atom. The Balaban J connectivity index is 1.25. The summed E-state index contributed by atoms with van der Waals surface area (Å²) in [6, 6.07) is 8.21. The summed E-state index contributed by atoms with van der Waals surface area (Å²) in [6.07, 6.45) is 1.17. The SMILES string of the molecule is Clc1ccc(CN2CCC3=C(C2)NN(CCN2CCOCC2)C3)cc1. The lowest BCUT2D eigenvalue weighted by Crippen LogP contribution is -2.44. The normalized spacial score (nSPS) is 22.9. The quantitative estimate of drug-likeness (QED) is 0.865. The Kier molecular flexibility index (Phi) is 5.58. The van der Waals surface area contributed by atoms with Gasteiger partial charge in [-0.15, -0.1) is 0 Å². The zero-order valence-electron chi connectivity index (χ0n) is 14.7. The molecule has 136 valence electrons. The molecule has 25 heavy (non-hydrogen) atoms. The molecule has 1 aromatic rings. The number of halogens is 1. The molecule has 0 amide bonds. The molecule has 1 fully saturated rings. The number of morpholine rings is 1. The zero-order chi connectivity index (χ0) is 17.1. The lowest BCUT2D eigenvalue weighted by molar-refractivity contribution is 0.0324. The van der Waals surface area contributed by atoms with Crippen molar-refractivity contribution >= 4 is 11.6 Å². The molecule has 3 heterocycles. The maximum atomic E-state index is 5.98. The number of nitrogens with zero attached hydrogens (tertiary/aromatic N) is 3. The summed E-state index contributed by atoms with van der Waals surface area (Å²) in [5.74, 6) is 0. The van der Waals surface area contributed by atoms with Crippen LogP contribution in [0.1, 0.15) is 12.0 Å². The van der Waals surface area contributed by atoms with Gasteiger partial charge < -0.3 is 10.2 Å². The Morgan fingerprint density at radius 2 is 1.76 bits per heavy atom. The average Bonchev–Trinajstić information content (AvgIpc) is 3.05. The fourth-order valence-corrected chi connectivity index (χ4v) is 3.94. The van der Waals surface area contributed by atoms with Crippen molar-refractivity contribution in [2.45, 2.75) is 13.0 Å². The minimum Gasteiger partial charge on any atom is -0.379 e. The molecule has 0 saturated carbocycles. The minimum atomic E-state index is 0.806. The van der Waals surface area contributed by atoms with Crippen molar-refractivity contribution in [3.63, 3.8) is 0 Å². The summed E-state index contributed by atoms with van der Waals surface area (Å²) >= 11 is 5.98. The van der Waals surface area contributed by atoms with Crippen molar-refractivity contribution in [1.82, 2.24) is 20.2 Å². The first-order chi connectivity index (χ1) is 12.3. The first-order valence-corrected chi connectivity index (χ1v) is 9.63. The second kappa shape index (κ2) is 8.06. The van der Waals surface area contributed by atoms with Crippen molar-refractivity contribution in [3.05, 3.63) is 46.1 Å². The van der Waals surface area contributed by atoms with Crippen molar-refractivity contribution < 1.29 is 4.74 Å². The molecule has 0 spiro atoms. The average molecular weight is 363 g/mol. The van der Waals surface area contributed by atoms with E-state index in [2.05, 4.69) is 32.4 Å². The number of ether oxygens (including phenoxy) is 1. The predicted molar refractivity (Wildman–Crippen MR) is 100 cm³/mol. The molecule has 4 rings (SSSR count). The first-order valence-electron chi connectivity index (χ1n) is 9.26. The zero-order valence-corrected chi connectivity index (χ0v) is 15.5. The molecule has 0 unspecified atom stereocenters. The Bertz CT molecular complexity index is 612. The topological polar surface area (TPSA) is 31.0 Å². The molecule has 0 bridgehead atoms. The van der Waals surface area contributed by atoms with Crippen LogP contribution in [0.3, 0.4) is 0 Å². The highest BCUT2D eigenvalue weighted by atomic mass is 35.5. The van der Waals surface area contributed by atoms with Gasteiger partial charge in [-0.05, 0) is 29.7 Å². The fraction of sp³-hybridized carbons (Fsp3) is 0.579. The van der Waals surface area contributed by atoms with Crippen LogP contribution >= 0.6 is 11.6 Å². The fourth-order valence-electron chi connectivity index (χ4n) is 3.81. The van der Waals surface area contributed by atoms with E-state index >= 15 is 0 Å². The maximum absolute atomic E-state index is 5.98. The van der Waals surface area contributed by atoms with Crippen molar-refractivity contribution in [2.24, 2.45) is 0 Å². The number of hydrogen-bond donors (Lipinski definition) is 1. The van der Waals surface area contributed by atoms with Gasteiger partial charge in [-0.2, -0.15) is 0 Å². The number of hydrazine groups is 1. The van der Waals surface area contributed by atoms with E-state index < -0.39 is 0 Å². The maximum Gasteiger partial charge on any atom is 0.0594 e. The highest BCUT2D eigenvalue weighted by Crippen LogP contribution is 2.23. The van der Waals surface area contributed by atoms with Crippen LogP contribution in [-0.2, 0) is 11.3 Å². The highest BCUT2D eigenvalue weighted by Gasteiger charge is 2.27. The van der Waals surface area contributed by atoms with Crippen LogP contribution in [-0.4, -0.2) is 73.8 Å². The van der Waals surface area contributed by atoms with Crippen LogP contribution in [0, 0.1) is 0 Å². The molecule has 1 aromatic carbocycles. The van der Waals surface area contributed by atoms with E-state index in [9.17, 15) is 0 Å². The first kappa shape index (κ1) is 17.3. The molecule has 0 aromatic heterocycles. The molecule has 0 aliphatic carbocycles. The Morgan fingerprint density at radius 1 is 0.960 bits per heavy atom. The predicted octanol–water partition coefficient (Wildman–Crippen LogP) is 1.95. The standard InChI is InChI=1S/C19H27ClN4O/c20-18-3-1-16(2-4-18)13-23-6-5-17-14-24(21-19(17)15-23)8-7-22-9-11-25-12-10-22/h1-4,21H,5-15H2. The lowest BCUT2D eigenvalue weighted by atomic mass is 10.1. The van der Waals surface area contributed by atoms with E-state index in [0.717, 1.165) is 70.6 Å². The number of nitrogens with one attached hydrogen (secondary N) is 1. The largest absolute Gasteiger partial charge is 0.379 e. The minimum absolute atomic E-state index is 0.806. The van der Waals surface area contributed by atoms with Gasteiger partial charge in [0.25, 0.3) is 0 Å². The van der Waals surface area contributed by atoms with E-state index in [0.29, 0.717) is 0 Å². The van der Waals surface area contributed by atoms with Crippen molar-refractivity contribution in [1.29, 1.82) is 0 Å². The van der Waals surface area contributed by atoms with E-state index in [4.69, 9.17) is 16.3 Å². The third kappa shape index (κ3) is 4.54. The molecular formula is C19H27ClN4O. The lowest BCUT2D eigenvalue weighted by Gasteiger charge is -2.29. The number of hydrogen-bond acceptors (Lipinski definition) is 5. The van der Waals surface area contributed by atoms with Crippen LogP contribution < -0.4 is 5.43 Å². The van der Waals surface area contributed by atoms with Gasteiger partial charge in [-0.25, -0.2) is 5.01 Å². The Labute approximate surface area is 155 Å². The smallest absolute Gasteiger partial charge is 0.0594 e. The third-order valence-electron chi connectivity index (χ3n) is 5.32. The van der Waals surface area contributed by atoms with Crippen LogP contribution in [0.4, 0.5) is 0 Å². The van der Waals surface area contributed by atoms with Gasteiger partial charge in [0.05, 0.1) is 13.2 Å². The second-order valence-electron chi connectivity index (χ2n) is 7.16. The van der Waals surface area contributed by atoms with Gasteiger partial charge >= 0.3 is 0 Å². The van der Waals surface area contributed by atoms with E-state index in [1.807, 2.05) is 12.1 Å². The van der Waals surface area contributed by atoms with E-state index in [1.165, 1.54) is 17.7 Å².